The molecule has 1 amide bonds. The number of hydrogen-bond donors (Lipinski definition) is 2. The van der Waals surface area contributed by atoms with Crippen molar-refractivity contribution < 1.29 is 9.18 Å². The van der Waals surface area contributed by atoms with Crippen molar-refractivity contribution in [3.63, 3.8) is 0 Å². The van der Waals surface area contributed by atoms with E-state index in [0.29, 0.717) is 47.7 Å². The summed E-state index contributed by atoms with van der Waals surface area (Å²) >= 11 is 0. The van der Waals surface area contributed by atoms with Crippen LogP contribution in [0.15, 0.2) is 42.7 Å². The smallest absolute Gasteiger partial charge is 0.257 e. The number of nitriles is 1. The van der Waals surface area contributed by atoms with Gasteiger partial charge in [0.15, 0.2) is 5.65 Å². The summed E-state index contributed by atoms with van der Waals surface area (Å²) in [5.74, 6) is -0.438. The number of carbonyl (C=O) groups excluding carboxylic acids is 1. The van der Waals surface area contributed by atoms with E-state index in [1.54, 1.807) is 29.9 Å². The van der Waals surface area contributed by atoms with Crippen LogP contribution in [0.2, 0.25) is 0 Å². The molecule has 0 saturated carbocycles. The summed E-state index contributed by atoms with van der Waals surface area (Å²) in [7, 11) is 0. The van der Waals surface area contributed by atoms with E-state index in [1.165, 1.54) is 28.9 Å². The number of aromatic nitrogens is 5. The van der Waals surface area contributed by atoms with E-state index < -0.39 is 0 Å². The summed E-state index contributed by atoms with van der Waals surface area (Å²) in [6.45, 7) is 2.13. The maximum absolute atomic E-state index is 13.2. The Morgan fingerprint density at radius 2 is 2.06 bits per heavy atom. The van der Waals surface area contributed by atoms with E-state index in [1.807, 2.05) is 0 Å². The van der Waals surface area contributed by atoms with Crippen molar-refractivity contribution >= 4 is 17.4 Å². The monoisotopic (exact) mass is 418 g/mol. The Morgan fingerprint density at radius 1 is 1.29 bits per heavy atom. The minimum atomic E-state index is -0.373. The summed E-state index contributed by atoms with van der Waals surface area (Å²) in [4.78, 5) is 16.8. The molecule has 3 N–H and O–H groups in total. The molecule has 0 bridgehead atoms. The predicted octanol–water partition coefficient (Wildman–Crippen LogP) is 2.18. The van der Waals surface area contributed by atoms with Crippen molar-refractivity contribution in [3.8, 4) is 11.8 Å². The van der Waals surface area contributed by atoms with Crippen LogP contribution in [0.1, 0.15) is 33.7 Å². The summed E-state index contributed by atoms with van der Waals surface area (Å²) in [5.41, 5.74) is 8.95. The van der Waals surface area contributed by atoms with Crippen LogP contribution in [0.25, 0.3) is 11.3 Å². The molecule has 9 nitrogen and oxygen atoms in total. The molecule has 1 aromatic carbocycles. The number of nitrogens with one attached hydrogen (secondary N) is 1. The number of amides is 1. The van der Waals surface area contributed by atoms with Gasteiger partial charge in [0.05, 0.1) is 17.1 Å². The number of hydrogen-bond acceptors (Lipinski definition) is 6. The van der Waals surface area contributed by atoms with Gasteiger partial charge in [-0.05, 0) is 50.1 Å². The highest BCUT2D eigenvalue weighted by atomic mass is 19.1. The second-order valence-electron chi connectivity index (χ2n) is 6.91. The maximum Gasteiger partial charge on any atom is 0.257 e. The Kier molecular flexibility index (Phi) is 5.32. The van der Waals surface area contributed by atoms with Crippen LogP contribution >= 0.6 is 0 Å². The van der Waals surface area contributed by atoms with Crippen molar-refractivity contribution in [2.75, 3.05) is 12.3 Å². The van der Waals surface area contributed by atoms with E-state index in [2.05, 4.69) is 26.6 Å². The molecule has 4 rings (SSSR count). The second-order valence-corrected chi connectivity index (χ2v) is 6.91. The molecule has 0 saturated heterocycles. The summed E-state index contributed by atoms with van der Waals surface area (Å²) < 4.78 is 16.2. The third-order valence-electron chi connectivity index (χ3n) is 4.85. The molecule has 0 fully saturated rings. The average molecular weight is 418 g/mol. The Labute approximate surface area is 176 Å². The molecule has 0 atom stereocenters. The fourth-order valence-electron chi connectivity index (χ4n) is 3.36. The SMILES string of the molecule is Cc1nn2cccnc2c1C(=O)NCCCc1nn(-c2ccc(F)cc2)c(N)c1C#N. The quantitative estimate of drug-likeness (QED) is 0.462. The first-order chi connectivity index (χ1) is 15.0. The molecule has 3 aromatic heterocycles. The van der Waals surface area contributed by atoms with Crippen LogP contribution in [0, 0.1) is 24.1 Å². The van der Waals surface area contributed by atoms with Gasteiger partial charge < -0.3 is 11.1 Å². The number of anilines is 1. The Balaban J connectivity index is 1.43. The summed E-state index contributed by atoms with van der Waals surface area (Å²) in [6.07, 6.45) is 4.33. The molecule has 0 aliphatic carbocycles. The van der Waals surface area contributed by atoms with Gasteiger partial charge in [-0.2, -0.15) is 15.5 Å². The van der Waals surface area contributed by atoms with E-state index in [-0.39, 0.29) is 23.1 Å². The Bertz CT molecular complexity index is 1300. The van der Waals surface area contributed by atoms with Crippen molar-refractivity contribution in [1.29, 1.82) is 5.26 Å². The largest absolute Gasteiger partial charge is 0.382 e. The second kappa shape index (κ2) is 8.23. The predicted molar refractivity (Wildman–Crippen MR) is 111 cm³/mol. The van der Waals surface area contributed by atoms with E-state index in [9.17, 15) is 14.4 Å². The third-order valence-corrected chi connectivity index (χ3v) is 4.85. The lowest BCUT2D eigenvalue weighted by Crippen LogP contribution is -2.25. The van der Waals surface area contributed by atoms with Crippen molar-refractivity contribution in [2.24, 2.45) is 0 Å². The molecule has 0 spiro atoms. The van der Waals surface area contributed by atoms with Crippen LogP contribution in [-0.4, -0.2) is 36.8 Å². The van der Waals surface area contributed by atoms with E-state index >= 15 is 0 Å². The molecule has 10 heteroatoms. The number of aryl methyl sites for hydroxylation is 2. The van der Waals surface area contributed by atoms with Crippen molar-refractivity contribution in [3.05, 3.63) is 71.1 Å². The van der Waals surface area contributed by atoms with Gasteiger partial charge in [-0.25, -0.2) is 18.6 Å². The number of fused-ring (bicyclic) bond motifs is 1. The van der Waals surface area contributed by atoms with Gasteiger partial charge >= 0.3 is 0 Å². The van der Waals surface area contributed by atoms with Crippen LogP contribution in [0.4, 0.5) is 10.2 Å². The number of benzene rings is 1. The molecule has 0 aliphatic rings. The molecule has 0 unspecified atom stereocenters. The lowest BCUT2D eigenvalue weighted by atomic mass is 10.1. The normalized spacial score (nSPS) is 10.9. The van der Waals surface area contributed by atoms with Crippen LogP contribution in [-0.2, 0) is 6.42 Å². The highest BCUT2D eigenvalue weighted by Gasteiger charge is 2.19. The number of nitrogens with two attached hydrogens (primary N) is 1. The van der Waals surface area contributed by atoms with Gasteiger partial charge in [-0.15, -0.1) is 0 Å². The van der Waals surface area contributed by atoms with Gasteiger partial charge in [-0.1, -0.05) is 0 Å². The van der Waals surface area contributed by atoms with E-state index in [0.717, 1.165) is 0 Å². The number of rotatable bonds is 6. The molecular formula is C21H19FN8O. The number of carbonyl (C=O) groups is 1. The van der Waals surface area contributed by atoms with Crippen molar-refractivity contribution in [2.45, 2.75) is 19.8 Å². The minimum absolute atomic E-state index is 0.196. The number of halogens is 1. The molecule has 31 heavy (non-hydrogen) atoms. The van der Waals surface area contributed by atoms with Crippen LogP contribution in [0.3, 0.4) is 0 Å². The highest BCUT2D eigenvalue weighted by molar-refractivity contribution is 6.00. The van der Waals surface area contributed by atoms with Gasteiger partial charge in [0.1, 0.15) is 28.8 Å². The van der Waals surface area contributed by atoms with Gasteiger partial charge in [0.2, 0.25) is 0 Å². The number of nitrogen functional groups attached to an aromatic ring is 1. The lowest BCUT2D eigenvalue weighted by Gasteiger charge is -2.04. The van der Waals surface area contributed by atoms with Crippen LogP contribution < -0.4 is 11.1 Å². The molecule has 156 valence electrons. The first kappa shape index (κ1) is 20.0. The third kappa shape index (κ3) is 3.81. The maximum atomic E-state index is 13.2. The first-order valence-electron chi connectivity index (χ1n) is 9.61. The highest BCUT2D eigenvalue weighted by Crippen LogP contribution is 2.21. The fourth-order valence-corrected chi connectivity index (χ4v) is 3.36. The Morgan fingerprint density at radius 3 is 2.81 bits per heavy atom. The summed E-state index contributed by atoms with van der Waals surface area (Å²) in [5, 5.41) is 21.0. The molecular weight excluding hydrogens is 399 g/mol. The van der Waals surface area contributed by atoms with Crippen molar-refractivity contribution in [1.82, 2.24) is 29.7 Å². The fraction of sp³-hybridized carbons (Fsp3) is 0.190. The Hall–Kier alpha value is -4.26. The standard InChI is InChI=1S/C21H19FN8O/c1-13-18(20-25-10-3-11-29(20)27-13)21(31)26-9-2-4-17-16(12-23)19(24)30(28-17)15-7-5-14(22)6-8-15/h3,5-8,10-11H,2,4,9,24H2,1H3,(H,26,31). The molecule has 4 aromatic rings. The van der Waals surface area contributed by atoms with E-state index in [4.69, 9.17) is 5.73 Å². The van der Waals surface area contributed by atoms with Gasteiger partial charge in [-0.3, -0.25) is 4.79 Å². The first-order valence-corrected chi connectivity index (χ1v) is 9.61. The number of nitrogens with zero attached hydrogens (tertiary/aromatic N) is 6. The lowest BCUT2D eigenvalue weighted by molar-refractivity contribution is 0.0954. The molecule has 0 aliphatic heterocycles. The zero-order valence-corrected chi connectivity index (χ0v) is 16.7. The zero-order valence-electron chi connectivity index (χ0n) is 16.7. The summed E-state index contributed by atoms with van der Waals surface area (Å²) in [6, 6.07) is 9.49. The van der Waals surface area contributed by atoms with Gasteiger partial charge in [0.25, 0.3) is 5.91 Å². The zero-order chi connectivity index (χ0) is 22.0. The minimum Gasteiger partial charge on any atom is -0.382 e. The topological polar surface area (TPSA) is 127 Å². The molecule has 0 radical (unpaired) electrons. The van der Waals surface area contributed by atoms with Crippen LogP contribution in [0.5, 0.6) is 0 Å². The molecule has 3 heterocycles. The average Bonchev–Trinajstić information content (AvgIpc) is 3.27. The van der Waals surface area contributed by atoms with Gasteiger partial charge in [0, 0.05) is 18.9 Å².